The van der Waals surface area contributed by atoms with Gasteiger partial charge in [-0.15, -0.1) is 0 Å². The van der Waals surface area contributed by atoms with Crippen LogP contribution < -0.4 is 0 Å². The molecular formula is C18H21NO3S2. The maximum atomic E-state index is 12.6. The van der Waals surface area contributed by atoms with Gasteiger partial charge in [0.1, 0.15) is 10.4 Å². The Bertz CT molecular complexity index is 667. The number of thiocarbonyl (C=S) groups is 1. The van der Waals surface area contributed by atoms with Crippen LogP contribution >= 0.6 is 24.0 Å². The molecule has 0 spiro atoms. The van der Waals surface area contributed by atoms with Crippen LogP contribution in [0, 0.1) is 0 Å². The van der Waals surface area contributed by atoms with Crippen molar-refractivity contribution in [2.45, 2.75) is 45.6 Å². The number of carbonyl (C=O) groups excluding carboxylic acids is 1. The molecule has 0 radical (unpaired) electrons. The van der Waals surface area contributed by atoms with E-state index in [1.165, 1.54) is 22.2 Å². The highest BCUT2D eigenvalue weighted by atomic mass is 32.2. The second kappa shape index (κ2) is 8.44. The van der Waals surface area contributed by atoms with E-state index in [1.54, 1.807) is 6.08 Å². The molecule has 1 aliphatic rings. The number of unbranched alkanes of at least 4 members (excludes halogenated alkanes) is 1. The fraction of sp³-hybridized carbons (Fsp3) is 0.389. The van der Waals surface area contributed by atoms with E-state index in [1.807, 2.05) is 31.2 Å². The molecule has 1 heterocycles. The maximum Gasteiger partial charge on any atom is 0.326 e. The molecule has 6 heteroatoms. The van der Waals surface area contributed by atoms with Crippen LogP contribution in [0.15, 0.2) is 29.2 Å². The molecule has 1 amide bonds. The first-order valence-corrected chi connectivity index (χ1v) is 9.29. The number of carboxylic acids is 1. The van der Waals surface area contributed by atoms with Crippen molar-refractivity contribution < 1.29 is 14.7 Å². The van der Waals surface area contributed by atoms with Gasteiger partial charge in [-0.05, 0) is 30.0 Å². The van der Waals surface area contributed by atoms with Gasteiger partial charge in [-0.2, -0.15) is 0 Å². The summed E-state index contributed by atoms with van der Waals surface area (Å²) in [5, 5.41) is 9.45. The van der Waals surface area contributed by atoms with Gasteiger partial charge in [-0.1, -0.05) is 74.9 Å². The van der Waals surface area contributed by atoms with Crippen molar-refractivity contribution in [3.63, 3.8) is 0 Å². The number of nitrogens with zero attached hydrogens (tertiary/aromatic N) is 1. The van der Waals surface area contributed by atoms with Crippen LogP contribution in [0.5, 0.6) is 0 Å². The molecule has 1 aromatic carbocycles. The Kier molecular flexibility index (Phi) is 6.57. The lowest BCUT2D eigenvalue weighted by atomic mass is 10.1. The van der Waals surface area contributed by atoms with Gasteiger partial charge in [0.15, 0.2) is 0 Å². The van der Waals surface area contributed by atoms with Crippen molar-refractivity contribution in [1.29, 1.82) is 0 Å². The summed E-state index contributed by atoms with van der Waals surface area (Å²) in [6.07, 6.45) is 4.76. The third-order valence-corrected chi connectivity index (χ3v) is 5.27. The molecule has 1 atom stereocenters. The number of amides is 1. The summed E-state index contributed by atoms with van der Waals surface area (Å²) in [7, 11) is 0. The minimum Gasteiger partial charge on any atom is -0.480 e. The summed E-state index contributed by atoms with van der Waals surface area (Å²) in [6, 6.07) is 7.07. The van der Waals surface area contributed by atoms with Crippen LogP contribution in [0.25, 0.3) is 6.08 Å². The second-order valence-corrected chi connectivity index (χ2v) is 7.32. The quantitative estimate of drug-likeness (QED) is 0.584. The fourth-order valence-corrected chi connectivity index (χ4v) is 3.87. The number of aryl methyl sites for hydroxylation is 1. The predicted octanol–water partition coefficient (Wildman–Crippen LogP) is 4.09. The number of hydrogen-bond acceptors (Lipinski definition) is 4. The highest BCUT2D eigenvalue weighted by Crippen LogP contribution is 2.35. The number of rotatable bonds is 7. The van der Waals surface area contributed by atoms with E-state index in [0.29, 0.717) is 15.6 Å². The highest BCUT2D eigenvalue weighted by Gasteiger charge is 2.40. The lowest BCUT2D eigenvalue weighted by molar-refractivity contribution is -0.145. The average Bonchev–Trinajstić information content (AvgIpc) is 2.83. The van der Waals surface area contributed by atoms with Crippen molar-refractivity contribution in [1.82, 2.24) is 4.90 Å². The molecule has 0 saturated carbocycles. The van der Waals surface area contributed by atoms with Gasteiger partial charge < -0.3 is 5.11 Å². The van der Waals surface area contributed by atoms with Crippen LogP contribution in [-0.2, 0) is 16.0 Å². The monoisotopic (exact) mass is 363 g/mol. The van der Waals surface area contributed by atoms with Crippen LogP contribution in [0.1, 0.15) is 44.2 Å². The topological polar surface area (TPSA) is 57.6 Å². The van der Waals surface area contributed by atoms with Crippen molar-refractivity contribution in [3.05, 3.63) is 40.3 Å². The molecule has 1 aromatic rings. The van der Waals surface area contributed by atoms with E-state index >= 15 is 0 Å². The summed E-state index contributed by atoms with van der Waals surface area (Å²) in [4.78, 5) is 25.9. The Morgan fingerprint density at radius 3 is 2.54 bits per heavy atom. The Morgan fingerprint density at radius 1 is 1.33 bits per heavy atom. The van der Waals surface area contributed by atoms with Gasteiger partial charge >= 0.3 is 5.97 Å². The van der Waals surface area contributed by atoms with Crippen molar-refractivity contribution >= 4 is 46.3 Å². The number of thioether (sulfide) groups is 1. The third kappa shape index (κ3) is 4.24. The van der Waals surface area contributed by atoms with Gasteiger partial charge in [0.25, 0.3) is 5.91 Å². The van der Waals surface area contributed by atoms with E-state index in [0.717, 1.165) is 24.8 Å². The van der Waals surface area contributed by atoms with Crippen LogP contribution in [-0.4, -0.2) is 32.2 Å². The Morgan fingerprint density at radius 2 is 2.00 bits per heavy atom. The zero-order valence-corrected chi connectivity index (χ0v) is 15.5. The summed E-state index contributed by atoms with van der Waals surface area (Å²) in [5.41, 5.74) is 2.14. The van der Waals surface area contributed by atoms with Gasteiger partial charge in [-0.3, -0.25) is 9.69 Å². The molecule has 4 nitrogen and oxygen atoms in total. The van der Waals surface area contributed by atoms with Gasteiger partial charge in [-0.25, -0.2) is 4.79 Å². The van der Waals surface area contributed by atoms with Gasteiger partial charge in [0, 0.05) is 0 Å². The first kappa shape index (κ1) is 18.7. The Balaban J connectivity index is 2.23. The van der Waals surface area contributed by atoms with Crippen LogP contribution in [0.3, 0.4) is 0 Å². The third-order valence-electron chi connectivity index (χ3n) is 3.94. The van der Waals surface area contributed by atoms with Crippen molar-refractivity contribution in [3.8, 4) is 0 Å². The minimum absolute atomic E-state index is 0.312. The number of carbonyl (C=O) groups is 2. The van der Waals surface area contributed by atoms with E-state index < -0.39 is 12.0 Å². The molecular weight excluding hydrogens is 342 g/mol. The van der Waals surface area contributed by atoms with Crippen LogP contribution in [0.4, 0.5) is 0 Å². The number of hydrogen-bond donors (Lipinski definition) is 1. The maximum absolute atomic E-state index is 12.6. The van der Waals surface area contributed by atoms with Crippen molar-refractivity contribution in [2.24, 2.45) is 0 Å². The molecule has 1 aliphatic heterocycles. The lowest BCUT2D eigenvalue weighted by Gasteiger charge is -2.22. The summed E-state index contributed by atoms with van der Waals surface area (Å²) < 4.78 is 0.319. The summed E-state index contributed by atoms with van der Waals surface area (Å²) in [5.74, 6) is -1.32. The molecule has 0 aromatic heterocycles. The second-order valence-electron chi connectivity index (χ2n) is 5.64. The first-order chi connectivity index (χ1) is 11.5. The van der Waals surface area contributed by atoms with E-state index in [-0.39, 0.29) is 5.91 Å². The first-order valence-electron chi connectivity index (χ1n) is 8.06. The zero-order valence-electron chi connectivity index (χ0n) is 13.8. The van der Waals surface area contributed by atoms with Crippen LogP contribution in [0.2, 0.25) is 0 Å². The SMILES string of the molecule is CCCC[C@H](C(=O)O)N1C(=O)/C(=C/c2ccc(CC)cc2)SC1=S. The number of benzene rings is 1. The van der Waals surface area contributed by atoms with E-state index in [2.05, 4.69) is 6.92 Å². The summed E-state index contributed by atoms with van der Waals surface area (Å²) >= 11 is 6.43. The summed E-state index contributed by atoms with van der Waals surface area (Å²) in [6.45, 7) is 4.07. The molecule has 128 valence electrons. The molecule has 2 rings (SSSR count). The Hall–Kier alpha value is -1.66. The smallest absolute Gasteiger partial charge is 0.326 e. The predicted molar refractivity (Wildman–Crippen MR) is 102 cm³/mol. The fourth-order valence-electron chi connectivity index (χ4n) is 2.51. The Labute approximate surface area is 151 Å². The minimum atomic E-state index is -1.01. The van der Waals surface area contributed by atoms with Gasteiger partial charge in [0.05, 0.1) is 4.91 Å². The standard InChI is InChI=1S/C18H21NO3S2/c1-3-5-6-14(17(21)22)19-16(20)15(24-18(19)23)11-13-9-7-12(4-2)8-10-13/h7-11,14H,3-6H2,1-2H3,(H,21,22)/b15-11-/t14-/m1/s1. The van der Waals surface area contributed by atoms with E-state index in [4.69, 9.17) is 12.2 Å². The highest BCUT2D eigenvalue weighted by molar-refractivity contribution is 8.26. The van der Waals surface area contributed by atoms with Crippen molar-refractivity contribution in [2.75, 3.05) is 0 Å². The largest absolute Gasteiger partial charge is 0.480 e. The molecule has 1 fully saturated rings. The molecule has 0 bridgehead atoms. The van der Waals surface area contributed by atoms with Gasteiger partial charge in [0.2, 0.25) is 0 Å². The molecule has 0 unspecified atom stereocenters. The molecule has 0 aliphatic carbocycles. The number of aliphatic carboxylic acids is 1. The zero-order chi connectivity index (χ0) is 17.7. The molecule has 1 N–H and O–H groups in total. The van der Waals surface area contributed by atoms with E-state index in [9.17, 15) is 14.7 Å². The number of carboxylic acid groups (broad SMARTS) is 1. The molecule has 1 saturated heterocycles. The average molecular weight is 364 g/mol. The normalized spacial score (nSPS) is 17.6. The lowest BCUT2D eigenvalue weighted by Crippen LogP contribution is -2.43. The molecule has 24 heavy (non-hydrogen) atoms.